The lowest BCUT2D eigenvalue weighted by Gasteiger charge is -2.16. The summed E-state index contributed by atoms with van der Waals surface area (Å²) in [5, 5.41) is 11.9. The molecule has 0 heterocycles. The van der Waals surface area contributed by atoms with E-state index in [0.29, 0.717) is 29.0 Å². The van der Waals surface area contributed by atoms with E-state index in [9.17, 15) is 14.7 Å². The molecule has 0 aliphatic heterocycles. The van der Waals surface area contributed by atoms with Gasteiger partial charge in [0, 0.05) is 11.3 Å². The third-order valence-electron chi connectivity index (χ3n) is 3.59. The monoisotopic (exact) mass is 344 g/mol. The van der Waals surface area contributed by atoms with Crippen LogP contribution in [-0.4, -0.2) is 35.0 Å². The lowest BCUT2D eigenvalue weighted by molar-refractivity contribution is -0.139. The van der Waals surface area contributed by atoms with Gasteiger partial charge in [-0.05, 0) is 47.8 Å². The summed E-state index contributed by atoms with van der Waals surface area (Å²) in [6.07, 6.45) is 2.27. The molecule has 2 aromatic rings. The first-order valence-corrected chi connectivity index (χ1v) is 8.90. The lowest BCUT2D eigenvalue weighted by atomic mass is 9.98. The van der Waals surface area contributed by atoms with Gasteiger partial charge in [-0.2, -0.15) is 11.8 Å². The Balaban J connectivity index is 2.31. The van der Waals surface area contributed by atoms with Gasteiger partial charge in [0.2, 0.25) is 0 Å². The van der Waals surface area contributed by atoms with Gasteiger partial charge in [0.1, 0.15) is 6.04 Å². The first-order chi connectivity index (χ1) is 11.5. The van der Waals surface area contributed by atoms with Gasteiger partial charge in [-0.1, -0.05) is 30.3 Å². The van der Waals surface area contributed by atoms with Crippen molar-refractivity contribution in [2.45, 2.75) is 12.5 Å². The maximum atomic E-state index is 12.6. The largest absolute Gasteiger partial charge is 0.480 e. The van der Waals surface area contributed by atoms with Crippen LogP contribution in [0.4, 0.5) is 5.69 Å². The number of nitrogens with one attached hydrogen (secondary N) is 1. The molecule has 0 aliphatic carbocycles. The molecule has 0 aliphatic rings. The smallest absolute Gasteiger partial charge is 0.326 e. The predicted molar refractivity (Wildman–Crippen MR) is 98.2 cm³/mol. The number of carbonyl (C=O) groups is 2. The van der Waals surface area contributed by atoms with Crippen molar-refractivity contribution < 1.29 is 14.7 Å². The molecular formula is C18H20N2O3S. The van der Waals surface area contributed by atoms with Crippen molar-refractivity contribution in [1.82, 2.24) is 5.32 Å². The minimum absolute atomic E-state index is 0.373. The normalized spacial score (nSPS) is 11.7. The lowest BCUT2D eigenvalue weighted by Crippen LogP contribution is -2.41. The molecule has 0 aromatic heterocycles. The summed E-state index contributed by atoms with van der Waals surface area (Å²) in [4.78, 5) is 23.9. The van der Waals surface area contributed by atoms with Crippen molar-refractivity contribution in [3.05, 3.63) is 54.1 Å². The number of hydrogen-bond donors (Lipinski definition) is 3. The zero-order valence-electron chi connectivity index (χ0n) is 13.4. The topological polar surface area (TPSA) is 92.4 Å². The number of carbonyl (C=O) groups excluding carboxylic acids is 1. The molecule has 2 rings (SSSR count). The van der Waals surface area contributed by atoms with E-state index >= 15 is 0 Å². The van der Waals surface area contributed by atoms with Crippen molar-refractivity contribution in [3.8, 4) is 11.1 Å². The molecule has 1 amide bonds. The van der Waals surface area contributed by atoms with E-state index in [1.807, 2.05) is 36.6 Å². The molecule has 0 saturated carbocycles. The van der Waals surface area contributed by atoms with Crippen molar-refractivity contribution in [2.24, 2.45) is 0 Å². The van der Waals surface area contributed by atoms with Gasteiger partial charge in [-0.15, -0.1) is 0 Å². The van der Waals surface area contributed by atoms with Crippen LogP contribution in [0.25, 0.3) is 11.1 Å². The van der Waals surface area contributed by atoms with Crippen molar-refractivity contribution in [3.63, 3.8) is 0 Å². The number of rotatable bonds is 7. The highest BCUT2D eigenvalue weighted by Crippen LogP contribution is 2.26. The summed E-state index contributed by atoms with van der Waals surface area (Å²) in [6.45, 7) is 0. The summed E-state index contributed by atoms with van der Waals surface area (Å²) in [7, 11) is 0. The van der Waals surface area contributed by atoms with Gasteiger partial charge in [-0.25, -0.2) is 4.79 Å². The summed E-state index contributed by atoms with van der Waals surface area (Å²) >= 11 is 1.54. The molecule has 5 nitrogen and oxygen atoms in total. The molecule has 1 atom stereocenters. The molecular weight excluding hydrogens is 324 g/mol. The fourth-order valence-electron chi connectivity index (χ4n) is 2.35. The second kappa shape index (κ2) is 8.40. The first kappa shape index (κ1) is 17.9. The quantitative estimate of drug-likeness (QED) is 0.672. The Morgan fingerprint density at radius 1 is 1.21 bits per heavy atom. The number of benzene rings is 2. The van der Waals surface area contributed by atoms with Crippen LogP contribution in [0.15, 0.2) is 48.5 Å². The molecule has 0 bridgehead atoms. The van der Waals surface area contributed by atoms with Crippen LogP contribution < -0.4 is 11.1 Å². The summed E-state index contributed by atoms with van der Waals surface area (Å²) in [5.41, 5.74) is 8.34. The third-order valence-corrected chi connectivity index (χ3v) is 4.23. The van der Waals surface area contributed by atoms with Crippen LogP contribution in [0.2, 0.25) is 0 Å². The Hall–Kier alpha value is -2.47. The molecule has 2 aromatic carbocycles. The minimum atomic E-state index is -1.03. The fourth-order valence-corrected chi connectivity index (χ4v) is 2.82. The number of nitrogens with two attached hydrogens (primary N) is 1. The second-order valence-electron chi connectivity index (χ2n) is 5.32. The number of carboxylic acid groups (broad SMARTS) is 1. The van der Waals surface area contributed by atoms with Crippen LogP contribution in [0.5, 0.6) is 0 Å². The molecule has 0 saturated heterocycles. The summed E-state index contributed by atoms with van der Waals surface area (Å²) in [5.74, 6) is -0.790. The van der Waals surface area contributed by atoms with Crippen LogP contribution in [-0.2, 0) is 4.79 Å². The van der Waals surface area contributed by atoms with Crippen LogP contribution in [0.1, 0.15) is 16.8 Å². The average molecular weight is 344 g/mol. The van der Waals surface area contributed by atoms with Gasteiger partial charge in [-0.3, -0.25) is 4.79 Å². The first-order valence-electron chi connectivity index (χ1n) is 7.50. The molecule has 126 valence electrons. The van der Waals surface area contributed by atoms with E-state index in [2.05, 4.69) is 5.32 Å². The van der Waals surface area contributed by atoms with Crippen molar-refractivity contribution >= 4 is 29.3 Å². The SMILES string of the molecule is CSCCC(NC(=O)c1ccc(N)cc1-c1ccccc1)C(=O)O. The number of hydrogen-bond acceptors (Lipinski definition) is 4. The van der Waals surface area contributed by atoms with Gasteiger partial charge in [0.15, 0.2) is 0 Å². The number of anilines is 1. The number of carboxylic acids is 1. The predicted octanol–water partition coefficient (Wildman–Crippen LogP) is 2.87. The Morgan fingerprint density at radius 3 is 2.54 bits per heavy atom. The highest BCUT2D eigenvalue weighted by Gasteiger charge is 2.22. The Kier molecular flexibility index (Phi) is 6.26. The third kappa shape index (κ3) is 4.52. The number of thioether (sulfide) groups is 1. The van der Waals surface area contributed by atoms with E-state index < -0.39 is 17.9 Å². The van der Waals surface area contributed by atoms with E-state index in [0.717, 1.165) is 5.56 Å². The highest BCUT2D eigenvalue weighted by atomic mass is 32.2. The fraction of sp³-hybridized carbons (Fsp3) is 0.222. The molecule has 6 heteroatoms. The highest BCUT2D eigenvalue weighted by molar-refractivity contribution is 7.98. The second-order valence-corrected chi connectivity index (χ2v) is 6.30. The Morgan fingerprint density at radius 2 is 1.92 bits per heavy atom. The van der Waals surface area contributed by atoms with E-state index in [1.54, 1.807) is 30.0 Å². The number of aliphatic carboxylic acids is 1. The molecule has 1 unspecified atom stereocenters. The maximum Gasteiger partial charge on any atom is 0.326 e. The zero-order valence-corrected chi connectivity index (χ0v) is 14.2. The van der Waals surface area contributed by atoms with Crippen LogP contribution >= 0.6 is 11.8 Å². The molecule has 24 heavy (non-hydrogen) atoms. The van der Waals surface area contributed by atoms with Gasteiger partial charge < -0.3 is 16.2 Å². The number of amides is 1. The molecule has 0 radical (unpaired) electrons. The van der Waals surface area contributed by atoms with Crippen molar-refractivity contribution in [2.75, 3.05) is 17.7 Å². The van der Waals surface area contributed by atoms with Crippen molar-refractivity contribution in [1.29, 1.82) is 0 Å². The molecule has 0 fully saturated rings. The van der Waals surface area contributed by atoms with E-state index in [4.69, 9.17) is 5.73 Å². The van der Waals surface area contributed by atoms with E-state index in [-0.39, 0.29) is 0 Å². The van der Waals surface area contributed by atoms with Gasteiger partial charge in [0.25, 0.3) is 5.91 Å². The summed E-state index contributed by atoms with van der Waals surface area (Å²) < 4.78 is 0. The molecule has 0 spiro atoms. The van der Waals surface area contributed by atoms with Gasteiger partial charge in [0.05, 0.1) is 0 Å². The van der Waals surface area contributed by atoms with Crippen LogP contribution in [0, 0.1) is 0 Å². The van der Waals surface area contributed by atoms with E-state index in [1.165, 1.54) is 0 Å². The number of nitrogen functional groups attached to an aromatic ring is 1. The van der Waals surface area contributed by atoms with Gasteiger partial charge >= 0.3 is 5.97 Å². The standard InChI is InChI=1S/C18H20N2O3S/c1-24-10-9-16(18(22)23)20-17(21)14-8-7-13(19)11-15(14)12-5-3-2-4-6-12/h2-8,11,16H,9-10,19H2,1H3,(H,20,21)(H,22,23). The maximum absolute atomic E-state index is 12.6. The Bertz CT molecular complexity index is 719. The Labute approximate surface area is 145 Å². The zero-order chi connectivity index (χ0) is 17.5. The average Bonchev–Trinajstić information content (AvgIpc) is 2.58. The van der Waals surface area contributed by atoms with Crippen LogP contribution in [0.3, 0.4) is 0 Å². The summed E-state index contributed by atoms with van der Waals surface area (Å²) in [6, 6.07) is 13.5. The molecule has 4 N–H and O–H groups in total. The minimum Gasteiger partial charge on any atom is -0.480 e.